The van der Waals surface area contributed by atoms with Crippen molar-refractivity contribution in [2.75, 3.05) is 5.32 Å². The van der Waals surface area contributed by atoms with Crippen molar-refractivity contribution in [3.63, 3.8) is 0 Å². The number of hydrogen-bond donors (Lipinski definition) is 1. The molecule has 3 nitrogen and oxygen atoms in total. The van der Waals surface area contributed by atoms with Crippen molar-refractivity contribution < 1.29 is 18.7 Å². The van der Waals surface area contributed by atoms with Crippen LogP contribution in [0.1, 0.15) is 52.7 Å². The minimum absolute atomic E-state index is 0.0586. The van der Waals surface area contributed by atoms with Crippen LogP contribution >= 0.6 is 11.6 Å². The predicted octanol–water partition coefficient (Wildman–Crippen LogP) is 4.28. The molecule has 2 fully saturated rings. The number of nitrogens with one attached hydrogen (secondary N) is 1. The Balaban J connectivity index is 1.69. The molecule has 2 bridgehead atoms. The molecular formula is C21H17ClF2NO2-. The third kappa shape index (κ3) is 2.48. The summed E-state index contributed by atoms with van der Waals surface area (Å²) in [6, 6.07) is 6.96. The maximum Gasteiger partial charge on any atom is 0.159 e. The molecule has 5 atom stereocenters. The zero-order chi connectivity index (χ0) is 18.9. The molecule has 0 unspecified atom stereocenters. The van der Waals surface area contributed by atoms with Crippen LogP contribution in [0.2, 0.25) is 5.02 Å². The van der Waals surface area contributed by atoms with E-state index in [2.05, 4.69) is 5.32 Å². The van der Waals surface area contributed by atoms with Gasteiger partial charge in [0.25, 0.3) is 0 Å². The molecule has 2 aliphatic carbocycles. The molecular weight excluding hydrogens is 372 g/mol. The van der Waals surface area contributed by atoms with E-state index in [1.807, 2.05) is 0 Å². The molecule has 0 aromatic heterocycles. The normalized spacial score (nSPS) is 30.6. The molecule has 0 spiro atoms. The van der Waals surface area contributed by atoms with Crippen LogP contribution in [0.5, 0.6) is 0 Å². The van der Waals surface area contributed by atoms with E-state index in [-0.39, 0.29) is 23.4 Å². The van der Waals surface area contributed by atoms with Gasteiger partial charge in [-0.25, -0.2) is 8.78 Å². The van der Waals surface area contributed by atoms with Gasteiger partial charge < -0.3 is 15.2 Å². The van der Waals surface area contributed by atoms with Gasteiger partial charge in [-0.15, -0.1) is 0 Å². The van der Waals surface area contributed by atoms with Crippen molar-refractivity contribution in [2.24, 2.45) is 17.8 Å². The highest BCUT2D eigenvalue weighted by Gasteiger charge is 2.54. The summed E-state index contributed by atoms with van der Waals surface area (Å²) >= 11 is 6.15. The number of carboxylic acid groups (broad SMARTS) is 1. The smallest absolute Gasteiger partial charge is 0.159 e. The van der Waals surface area contributed by atoms with Gasteiger partial charge in [-0.1, -0.05) is 17.7 Å². The molecule has 2 saturated carbocycles. The van der Waals surface area contributed by atoms with Crippen LogP contribution in [0.4, 0.5) is 14.5 Å². The van der Waals surface area contributed by atoms with E-state index in [0.29, 0.717) is 28.1 Å². The topological polar surface area (TPSA) is 52.2 Å². The first-order valence-corrected chi connectivity index (χ1v) is 9.58. The van der Waals surface area contributed by atoms with Gasteiger partial charge in [-0.2, -0.15) is 0 Å². The molecule has 1 N–H and O–H groups in total. The summed E-state index contributed by atoms with van der Waals surface area (Å²) in [5, 5.41) is 15.5. The summed E-state index contributed by atoms with van der Waals surface area (Å²) in [5.74, 6) is -1.95. The van der Waals surface area contributed by atoms with Crippen LogP contribution in [0.3, 0.4) is 0 Å². The lowest BCUT2D eigenvalue weighted by atomic mass is 9.67. The van der Waals surface area contributed by atoms with Gasteiger partial charge in [0, 0.05) is 16.3 Å². The predicted molar refractivity (Wildman–Crippen MR) is 95.6 cm³/mol. The van der Waals surface area contributed by atoms with Crippen LogP contribution in [0, 0.1) is 29.4 Å². The number of benzene rings is 2. The number of aromatic carboxylic acids is 1. The van der Waals surface area contributed by atoms with Crippen molar-refractivity contribution in [2.45, 2.75) is 31.2 Å². The molecule has 1 aliphatic heterocycles. The standard InChI is InChI=1S/C21H18ClF2NO2/c22-12-7-13(21(26)27)19-16(8-12)25-20(11-3-4-14(23)15(24)6-11)18-10-2-1-9(5-10)17(18)19/h3-4,6-10,17-18,20,25H,1-2,5H2,(H,26,27)/p-1/t9-,10+,17-,18-,20-/m0/s1. The lowest BCUT2D eigenvalue weighted by Crippen LogP contribution is -2.37. The summed E-state index contributed by atoms with van der Waals surface area (Å²) < 4.78 is 27.3. The fourth-order valence-electron chi connectivity index (χ4n) is 5.78. The highest BCUT2D eigenvalue weighted by Crippen LogP contribution is 2.64. The zero-order valence-corrected chi connectivity index (χ0v) is 15.1. The summed E-state index contributed by atoms with van der Waals surface area (Å²) in [6.07, 6.45) is 3.17. The summed E-state index contributed by atoms with van der Waals surface area (Å²) in [4.78, 5) is 11.8. The Labute approximate surface area is 160 Å². The van der Waals surface area contributed by atoms with Crippen molar-refractivity contribution in [3.8, 4) is 0 Å². The lowest BCUT2D eigenvalue weighted by Gasteiger charge is -2.44. The quantitative estimate of drug-likeness (QED) is 0.835. The number of hydrogen-bond acceptors (Lipinski definition) is 3. The third-order valence-electron chi connectivity index (χ3n) is 6.68. The highest BCUT2D eigenvalue weighted by molar-refractivity contribution is 6.31. The first-order chi connectivity index (χ1) is 12.9. The Morgan fingerprint density at radius 3 is 2.63 bits per heavy atom. The largest absolute Gasteiger partial charge is 0.545 e. The highest BCUT2D eigenvalue weighted by atomic mass is 35.5. The van der Waals surface area contributed by atoms with E-state index in [0.717, 1.165) is 30.9 Å². The van der Waals surface area contributed by atoms with E-state index in [1.165, 1.54) is 12.1 Å². The monoisotopic (exact) mass is 388 g/mol. The maximum absolute atomic E-state index is 13.9. The molecule has 2 aromatic rings. The van der Waals surface area contributed by atoms with Crippen LogP contribution < -0.4 is 10.4 Å². The molecule has 140 valence electrons. The molecule has 2 aromatic carbocycles. The minimum atomic E-state index is -1.23. The minimum Gasteiger partial charge on any atom is -0.545 e. The van der Waals surface area contributed by atoms with Crippen LogP contribution in [0.25, 0.3) is 0 Å². The molecule has 1 heterocycles. The van der Waals surface area contributed by atoms with E-state index in [9.17, 15) is 18.7 Å². The number of halogens is 3. The second kappa shape index (κ2) is 5.93. The van der Waals surface area contributed by atoms with Crippen molar-refractivity contribution >= 4 is 23.3 Å². The number of carboxylic acids is 1. The SMILES string of the molecule is O=C([O-])c1cc(Cl)cc2c1[C@H]1[C@H]3CC[C@H](C3)[C@@H]1[C@H](c1ccc(F)c(F)c1)N2. The Hall–Kier alpha value is -2.14. The van der Waals surface area contributed by atoms with E-state index in [4.69, 9.17) is 11.6 Å². The summed E-state index contributed by atoms with van der Waals surface area (Å²) in [7, 11) is 0. The van der Waals surface area contributed by atoms with Gasteiger partial charge in [-0.3, -0.25) is 0 Å². The van der Waals surface area contributed by atoms with Gasteiger partial charge in [0.1, 0.15) is 0 Å². The van der Waals surface area contributed by atoms with Gasteiger partial charge in [0.2, 0.25) is 0 Å². The average molecular weight is 389 g/mol. The molecule has 27 heavy (non-hydrogen) atoms. The van der Waals surface area contributed by atoms with Crippen molar-refractivity contribution in [1.82, 2.24) is 0 Å². The Morgan fingerprint density at radius 2 is 1.89 bits per heavy atom. The third-order valence-corrected chi connectivity index (χ3v) is 6.90. The fraction of sp³-hybridized carbons (Fsp3) is 0.381. The second-order valence-corrected chi connectivity index (χ2v) is 8.37. The number of carbonyl (C=O) groups is 1. The lowest BCUT2D eigenvalue weighted by molar-refractivity contribution is -0.255. The Bertz CT molecular complexity index is 963. The van der Waals surface area contributed by atoms with Crippen LogP contribution in [-0.4, -0.2) is 5.97 Å². The van der Waals surface area contributed by atoms with Crippen LogP contribution in [0.15, 0.2) is 30.3 Å². The second-order valence-electron chi connectivity index (χ2n) is 7.93. The van der Waals surface area contributed by atoms with Gasteiger partial charge in [0.05, 0.1) is 12.0 Å². The summed E-state index contributed by atoms with van der Waals surface area (Å²) in [6.45, 7) is 0. The van der Waals surface area contributed by atoms with E-state index in [1.54, 1.807) is 12.1 Å². The molecule has 6 heteroatoms. The molecule has 0 saturated heterocycles. The summed E-state index contributed by atoms with van der Waals surface area (Å²) in [5.41, 5.74) is 2.23. The molecule has 0 amide bonds. The fourth-order valence-corrected chi connectivity index (χ4v) is 6.00. The van der Waals surface area contributed by atoms with Gasteiger partial charge in [-0.05, 0) is 78.3 Å². The zero-order valence-electron chi connectivity index (χ0n) is 14.3. The number of fused-ring (bicyclic) bond motifs is 7. The van der Waals surface area contributed by atoms with Crippen molar-refractivity contribution in [3.05, 3.63) is 63.7 Å². The molecule has 5 rings (SSSR count). The van der Waals surface area contributed by atoms with Gasteiger partial charge in [0.15, 0.2) is 11.6 Å². The van der Waals surface area contributed by atoms with Crippen molar-refractivity contribution in [1.29, 1.82) is 0 Å². The number of rotatable bonds is 2. The molecule has 3 aliphatic rings. The first-order valence-electron chi connectivity index (χ1n) is 9.20. The van der Waals surface area contributed by atoms with Gasteiger partial charge >= 0.3 is 0 Å². The Kier molecular flexibility index (Phi) is 3.73. The Morgan fingerprint density at radius 1 is 1.11 bits per heavy atom. The average Bonchev–Trinajstić information content (AvgIpc) is 3.24. The maximum atomic E-state index is 13.9. The number of anilines is 1. The van der Waals surface area contributed by atoms with Crippen LogP contribution in [-0.2, 0) is 0 Å². The van der Waals surface area contributed by atoms with E-state index >= 15 is 0 Å². The number of carbonyl (C=O) groups excluding carboxylic acids is 1. The first kappa shape index (κ1) is 17.0. The molecule has 0 radical (unpaired) electrons. The van der Waals surface area contributed by atoms with E-state index < -0.39 is 17.6 Å².